The molecule has 2 amide bonds. The average Bonchev–Trinajstić information content (AvgIpc) is 2.54. The van der Waals surface area contributed by atoms with Crippen LogP contribution in [0.2, 0.25) is 0 Å². The van der Waals surface area contributed by atoms with Crippen LogP contribution in [-0.4, -0.2) is 17.6 Å². The standard InChI is InChI=1S/C16H22N2O2S/c19-15(11-12-21-14-9-5-2-6-10-14)17-18-16(20)13-7-3-1-4-8-13/h2,5-6,9-10,13H,1,3-4,7-8,11-12H2,(H,17,19)(H,18,20). The molecule has 2 rings (SSSR count). The maximum atomic E-state index is 11.9. The van der Waals surface area contributed by atoms with Crippen molar-refractivity contribution in [1.29, 1.82) is 0 Å². The van der Waals surface area contributed by atoms with Crippen molar-refractivity contribution in [2.75, 3.05) is 5.75 Å². The van der Waals surface area contributed by atoms with Crippen LogP contribution in [0.4, 0.5) is 0 Å². The molecule has 0 saturated heterocycles. The SMILES string of the molecule is O=C(CCSc1ccccc1)NNC(=O)C1CCCCC1. The van der Waals surface area contributed by atoms with Crippen LogP contribution in [0.3, 0.4) is 0 Å². The third-order valence-electron chi connectivity index (χ3n) is 3.64. The third kappa shape index (κ3) is 5.79. The normalized spacial score (nSPS) is 15.4. The van der Waals surface area contributed by atoms with Gasteiger partial charge >= 0.3 is 0 Å². The predicted molar refractivity (Wildman–Crippen MR) is 84.6 cm³/mol. The van der Waals surface area contributed by atoms with E-state index >= 15 is 0 Å². The topological polar surface area (TPSA) is 58.2 Å². The van der Waals surface area contributed by atoms with Gasteiger partial charge in [-0.15, -0.1) is 11.8 Å². The summed E-state index contributed by atoms with van der Waals surface area (Å²) in [4.78, 5) is 24.7. The monoisotopic (exact) mass is 306 g/mol. The van der Waals surface area contributed by atoms with Gasteiger partial charge in [0.15, 0.2) is 0 Å². The third-order valence-corrected chi connectivity index (χ3v) is 4.66. The zero-order chi connectivity index (χ0) is 14.9. The van der Waals surface area contributed by atoms with Crippen LogP contribution in [0.1, 0.15) is 38.5 Å². The van der Waals surface area contributed by atoms with Crippen LogP contribution in [0.15, 0.2) is 35.2 Å². The summed E-state index contributed by atoms with van der Waals surface area (Å²) >= 11 is 1.64. The van der Waals surface area contributed by atoms with Crippen molar-refractivity contribution in [3.05, 3.63) is 30.3 Å². The van der Waals surface area contributed by atoms with Gasteiger partial charge in [-0.05, 0) is 25.0 Å². The first kappa shape index (κ1) is 15.9. The second-order valence-corrected chi connectivity index (χ2v) is 6.45. The minimum Gasteiger partial charge on any atom is -0.273 e. The van der Waals surface area contributed by atoms with Gasteiger partial charge in [0.05, 0.1) is 0 Å². The number of carbonyl (C=O) groups is 2. The van der Waals surface area contributed by atoms with Crippen LogP contribution in [-0.2, 0) is 9.59 Å². The summed E-state index contributed by atoms with van der Waals surface area (Å²) in [6.45, 7) is 0. The van der Waals surface area contributed by atoms with E-state index in [2.05, 4.69) is 10.9 Å². The van der Waals surface area contributed by atoms with Gasteiger partial charge in [-0.2, -0.15) is 0 Å². The number of hydrazine groups is 1. The highest BCUT2D eigenvalue weighted by Gasteiger charge is 2.21. The minimum absolute atomic E-state index is 0.0428. The molecule has 0 spiro atoms. The number of thioether (sulfide) groups is 1. The minimum atomic E-state index is -0.136. The van der Waals surface area contributed by atoms with Crippen LogP contribution >= 0.6 is 11.8 Å². The maximum Gasteiger partial charge on any atom is 0.241 e. The van der Waals surface area contributed by atoms with Gasteiger partial charge in [-0.1, -0.05) is 37.5 Å². The Morgan fingerprint density at radius 3 is 2.48 bits per heavy atom. The molecule has 1 aliphatic rings. The molecule has 0 radical (unpaired) electrons. The van der Waals surface area contributed by atoms with E-state index < -0.39 is 0 Å². The van der Waals surface area contributed by atoms with Gasteiger partial charge in [-0.3, -0.25) is 20.4 Å². The number of amides is 2. The molecule has 0 heterocycles. The van der Waals surface area contributed by atoms with Crippen molar-refractivity contribution in [1.82, 2.24) is 10.9 Å². The second kappa shape index (κ2) is 8.72. The van der Waals surface area contributed by atoms with E-state index in [0.717, 1.165) is 30.6 Å². The highest BCUT2D eigenvalue weighted by molar-refractivity contribution is 7.99. The molecule has 21 heavy (non-hydrogen) atoms. The lowest BCUT2D eigenvalue weighted by molar-refractivity contribution is -0.131. The Labute approximate surface area is 130 Å². The Bertz CT molecular complexity index is 459. The van der Waals surface area contributed by atoms with Gasteiger partial charge in [-0.25, -0.2) is 0 Å². The van der Waals surface area contributed by atoms with E-state index in [-0.39, 0.29) is 17.7 Å². The highest BCUT2D eigenvalue weighted by Crippen LogP contribution is 2.23. The summed E-state index contributed by atoms with van der Waals surface area (Å²) in [7, 11) is 0. The summed E-state index contributed by atoms with van der Waals surface area (Å²) in [5, 5.41) is 0. The van der Waals surface area contributed by atoms with Crippen LogP contribution in [0.5, 0.6) is 0 Å². The van der Waals surface area contributed by atoms with E-state index in [1.165, 1.54) is 6.42 Å². The van der Waals surface area contributed by atoms with E-state index in [1.54, 1.807) is 11.8 Å². The van der Waals surface area contributed by atoms with E-state index in [1.807, 2.05) is 30.3 Å². The average molecular weight is 306 g/mol. The van der Waals surface area contributed by atoms with E-state index in [4.69, 9.17) is 0 Å². The van der Waals surface area contributed by atoms with E-state index in [0.29, 0.717) is 12.2 Å². The summed E-state index contributed by atoms with van der Waals surface area (Å²) < 4.78 is 0. The number of carbonyl (C=O) groups excluding carboxylic acids is 2. The smallest absolute Gasteiger partial charge is 0.241 e. The Hall–Kier alpha value is -1.49. The molecular formula is C16H22N2O2S. The Kier molecular flexibility index (Phi) is 6.60. The molecular weight excluding hydrogens is 284 g/mol. The quantitative estimate of drug-likeness (QED) is 0.649. The van der Waals surface area contributed by atoms with Crippen LogP contribution < -0.4 is 10.9 Å². The maximum absolute atomic E-state index is 11.9. The van der Waals surface area contributed by atoms with Crippen molar-refractivity contribution in [3.63, 3.8) is 0 Å². The Morgan fingerprint density at radius 1 is 1.05 bits per heavy atom. The molecule has 5 heteroatoms. The Morgan fingerprint density at radius 2 is 1.76 bits per heavy atom. The zero-order valence-corrected chi connectivity index (χ0v) is 13.0. The van der Waals surface area contributed by atoms with Gasteiger partial charge in [0, 0.05) is 23.0 Å². The van der Waals surface area contributed by atoms with Gasteiger partial charge in [0.1, 0.15) is 0 Å². The highest BCUT2D eigenvalue weighted by atomic mass is 32.2. The number of hydrogen-bond acceptors (Lipinski definition) is 3. The molecule has 114 valence electrons. The largest absolute Gasteiger partial charge is 0.273 e. The summed E-state index contributed by atoms with van der Waals surface area (Å²) in [5.41, 5.74) is 5.07. The molecule has 0 atom stereocenters. The summed E-state index contributed by atoms with van der Waals surface area (Å²) in [5.74, 6) is 0.592. The number of nitrogens with one attached hydrogen (secondary N) is 2. The predicted octanol–water partition coefficient (Wildman–Crippen LogP) is 2.90. The lowest BCUT2D eigenvalue weighted by Crippen LogP contribution is -2.45. The first-order chi connectivity index (χ1) is 10.3. The molecule has 0 bridgehead atoms. The molecule has 1 aromatic rings. The molecule has 1 saturated carbocycles. The molecule has 1 aliphatic carbocycles. The van der Waals surface area contributed by atoms with Crippen molar-refractivity contribution >= 4 is 23.6 Å². The van der Waals surface area contributed by atoms with Crippen molar-refractivity contribution in [2.24, 2.45) is 5.92 Å². The fraction of sp³-hybridized carbons (Fsp3) is 0.500. The van der Waals surface area contributed by atoms with Crippen molar-refractivity contribution in [2.45, 2.75) is 43.4 Å². The van der Waals surface area contributed by atoms with E-state index in [9.17, 15) is 9.59 Å². The molecule has 1 aromatic carbocycles. The second-order valence-electron chi connectivity index (χ2n) is 5.28. The summed E-state index contributed by atoms with van der Waals surface area (Å²) in [6.07, 6.45) is 5.70. The summed E-state index contributed by atoms with van der Waals surface area (Å²) in [6, 6.07) is 9.97. The lowest BCUT2D eigenvalue weighted by atomic mass is 9.89. The van der Waals surface area contributed by atoms with Crippen molar-refractivity contribution < 1.29 is 9.59 Å². The molecule has 4 nitrogen and oxygen atoms in total. The number of hydrogen-bond donors (Lipinski definition) is 2. The van der Waals surface area contributed by atoms with Crippen LogP contribution in [0, 0.1) is 5.92 Å². The zero-order valence-electron chi connectivity index (χ0n) is 12.1. The molecule has 0 unspecified atom stereocenters. The van der Waals surface area contributed by atoms with Gasteiger partial charge < -0.3 is 0 Å². The number of rotatable bonds is 5. The first-order valence-corrected chi connectivity index (χ1v) is 8.51. The number of benzene rings is 1. The van der Waals surface area contributed by atoms with Gasteiger partial charge in [0.25, 0.3) is 0 Å². The molecule has 1 fully saturated rings. The Balaban J connectivity index is 1.60. The molecule has 0 aromatic heterocycles. The fourth-order valence-corrected chi connectivity index (χ4v) is 3.31. The lowest BCUT2D eigenvalue weighted by Gasteiger charge is -2.20. The molecule has 0 aliphatic heterocycles. The molecule has 2 N–H and O–H groups in total. The van der Waals surface area contributed by atoms with Gasteiger partial charge in [0.2, 0.25) is 11.8 Å². The van der Waals surface area contributed by atoms with Crippen molar-refractivity contribution in [3.8, 4) is 0 Å². The fourth-order valence-electron chi connectivity index (χ4n) is 2.44. The first-order valence-electron chi connectivity index (χ1n) is 7.52. The van der Waals surface area contributed by atoms with Crippen LogP contribution in [0.25, 0.3) is 0 Å².